The van der Waals surface area contributed by atoms with Crippen LogP contribution < -0.4 is 0 Å². The number of hydrogen-bond donors (Lipinski definition) is 1. The largest absolute Gasteiger partial charge is 0.394 e. The van der Waals surface area contributed by atoms with E-state index in [1.807, 2.05) is 44.2 Å². The van der Waals surface area contributed by atoms with Crippen LogP contribution in [0.1, 0.15) is 19.4 Å². The maximum Gasteiger partial charge on any atom is 0.104 e. The van der Waals surface area contributed by atoms with E-state index in [0.717, 1.165) is 5.56 Å². The highest BCUT2D eigenvalue weighted by Gasteiger charge is 2.21. The van der Waals surface area contributed by atoms with E-state index in [-0.39, 0.29) is 18.8 Å². The fourth-order valence-electron chi connectivity index (χ4n) is 1.67. The number of benzene rings is 1. The van der Waals surface area contributed by atoms with Crippen LogP contribution in [0, 0.1) is 0 Å². The van der Waals surface area contributed by atoms with Gasteiger partial charge in [0.15, 0.2) is 0 Å². The standard InChI is InChI=1S/C13H18O4.C2H6/c14-6-12-9-17-13(10-16-12)8-15-7-11-4-2-1-3-5-11;1-2/h1-5,12-14H,6-10H2;1-2H3. The van der Waals surface area contributed by atoms with E-state index in [9.17, 15) is 0 Å². The second kappa shape index (κ2) is 9.92. The van der Waals surface area contributed by atoms with E-state index in [1.54, 1.807) is 0 Å². The van der Waals surface area contributed by atoms with Gasteiger partial charge in [-0.2, -0.15) is 0 Å². The third kappa shape index (κ3) is 6.16. The van der Waals surface area contributed by atoms with Crippen molar-refractivity contribution in [2.75, 3.05) is 26.4 Å². The number of rotatable bonds is 5. The first-order valence-electron chi connectivity index (χ1n) is 6.84. The third-order valence-electron chi connectivity index (χ3n) is 2.65. The molecule has 4 heteroatoms. The van der Waals surface area contributed by atoms with Crippen LogP contribution in [-0.2, 0) is 20.8 Å². The number of ether oxygens (including phenoxy) is 3. The van der Waals surface area contributed by atoms with Crippen molar-refractivity contribution >= 4 is 0 Å². The van der Waals surface area contributed by atoms with E-state index < -0.39 is 0 Å². The fraction of sp³-hybridized carbons (Fsp3) is 0.600. The average Bonchev–Trinajstić information content (AvgIpc) is 2.51. The van der Waals surface area contributed by atoms with Crippen molar-refractivity contribution in [1.82, 2.24) is 0 Å². The van der Waals surface area contributed by atoms with Gasteiger partial charge in [-0.3, -0.25) is 0 Å². The number of aliphatic hydroxyl groups is 1. The molecule has 1 aliphatic heterocycles. The summed E-state index contributed by atoms with van der Waals surface area (Å²) >= 11 is 0. The maximum atomic E-state index is 8.87. The second-order valence-electron chi connectivity index (χ2n) is 4.09. The molecule has 2 unspecified atom stereocenters. The zero-order valence-electron chi connectivity index (χ0n) is 11.7. The Labute approximate surface area is 115 Å². The molecule has 19 heavy (non-hydrogen) atoms. The molecule has 2 atom stereocenters. The number of aliphatic hydroxyl groups excluding tert-OH is 1. The highest BCUT2D eigenvalue weighted by atomic mass is 16.6. The van der Waals surface area contributed by atoms with Gasteiger partial charge in [-0.05, 0) is 5.56 Å². The summed E-state index contributed by atoms with van der Waals surface area (Å²) in [6.45, 7) is 6.05. The molecule has 2 rings (SSSR count). The topological polar surface area (TPSA) is 47.9 Å². The molecule has 0 saturated carbocycles. The molecule has 0 aliphatic carbocycles. The Bertz CT molecular complexity index is 307. The Kier molecular flexibility index (Phi) is 8.41. The van der Waals surface area contributed by atoms with E-state index in [2.05, 4.69) is 0 Å². The van der Waals surface area contributed by atoms with Gasteiger partial charge in [0.25, 0.3) is 0 Å². The zero-order chi connectivity index (χ0) is 13.9. The minimum Gasteiger partial charge on any atom is -0.394 e. The van der Waals surface area contributed by atoms with Crippen molar-refractivity contribution in [3.63, 3.8) is 0 Å². The minimum absolute atomic E-state index is 0.0115. The molecular weight excluding hydrogens is 244 g/mol. The Morgan fingerprint density at radius 1 is 1.11 bits per heavy atom. The summed E-state index contributed by atoms with van der Waals surface area (Å²) in [5.41, 5.74) is 1.15. The van der Waals surface area contributed by atoms with Crippen LogP contribution in [-0.4, -0.2) is 43.7 Å². The second-order valence-corrected chi connectivity index (χ2v) is 4.09. The normalized spacial score (nSPS) is 22.5. The van der Waals surface area contributed by atoms with Crippen LogP contribution in [0.5, 0.6) is 0 Å². The van der Waals surface area contributed by atoms with Gasteiger partial charge in [0.05, 0.1) is 33.0 Å². The SMILES string of the molecule is CC.OCC1COC(COCc2ccccc2)CO1. The molecule has 0 spiro atoms. The molecule has 108 valence electrons. The third-order valence-corrected chi connectivity index (χ3v) is 2.65. The molecule has 1 saturated heterocycles. The van der Waals surface area contributed by atoms with Gasteiger partial charge >= 0.3 is 0 Å². The summed E-state index contributed by atoms with van der Waals surface area (Å²) in [5.74, 6) is 0. The molecule has 0 amide bonds. The summed E-state index contributed by atoms with van der Waals surface area (Å²) in [6.07, 6.45) is -0.207. The molecule has 1 aromatic carbocycles. The molecule has 1 N–H and O–H groups in total. The molecule has 0 radical (unpaired) electrons. The lowest BCUT2D eigenvalue weighted by molar-refractivity contribution is -0.162. The Morgan fingerprint density at radius 3 is 2.32 bits per heavy atom. The Balaban J connectivity index is 0.000000861. The van der Waals surface area contributed by atoms with Gasteiger partial charge in [0.1, 0.15) is 12.2 Å². The van der Waals surface area contributed by atoms with E-state index in [4.69, 9.17) is 19.3 Å². The van der Waals surface area contributed by atoms with E-state index >= 15 is 0 Å². The van der Waals surface area contributed by atoms with Gasteiger partial charge in [0.2, 0.25) is 0 Å². The van der Waals surface area contributed by atoms with Crippen LogP contribution >= 0.6 is 0 Å². The average molecular weight is 268 g/mol. The molecule has 1 aromatic rings. The summed E-state index contributed by atoms with van der Waals surface area (Å²) in [6, 6.07) is 10.0. The molecular formula is C15H24O4. The monoisotopic (exact) mass is 268 g/mol. The van der Waals surface area contributed by atoms with Crippen molar-refractivity contribution in [2.45, 2.75) is 32.7 Å². The summed E-state index contributed by atoms with van der Waals surface area (Å²) in [5, 5.41) is 8.87. The van der Waals surface area contributed by atoms with Gasteiger partial charge in [-0.1, -0.05) is 44.2 Å². The highest BCUT2D eigenvalue weighted by molar-refractivity contribution is 5.13. The van der Waals surface area contributed by atoms with Crippen molar-refractivity contribution in [3.8, 4) is 0 Å². The molecule has 0 bridgehead atoms. The van der Waals surface area contributed by atoms with Crippen LogP contribution in [0.3, 0.4) is 0 Å². The van der Waals surface area contributed by atoms with Crippen LogP contribution in [0.4, 0.5) is 0 Å². The predicted molar refractivity (Wildman–Crippen MR) is 74.0 cm³/mol. The first-order valence-corrected chi connectivity index (χ1v) is 6.84. The Hall–Kier alpha value is -0.940. The van der Waals surface area contributed by atoms with Crippen LogP contribution in [0.2, 0.25) is 0 Å². The van der Waals surface area contributed by atoms with E-state index in [1.165, 1.54) is 0 Å². The van der Waals surface area contributed by atoms with Crippen molar-refractivity contribution in [2.24, 2.45) is 0 Å². The molecule has 1 aliphatic rings. The molecule has 0 aromatic heterocycles. The van der Waals surface area contributed by atoms with Gasteiger partial charge < -0.3 is 19.3 Å². The van der Waals surface area contributed by atoms with Crippen molar-refractivity contribution in [3.05, 3.63) is 35.9 Å². The van der Waals surface area contributed by atoms with Gasteiger partial charge in [-0.15, -0.1) is 0 Å². The first-order chi connectivity index (χ1) is 9.38. The Morgan fingerprint density at radius 2 is 1.74 bits per heavy atom. The smallest absolute Gasteiger partial charge is 0.104 e. The van der Waals surface area contributed by atoms with Crippen LogP contribution in [0.15, 0.2) is 30.3 Å². The zero-order valence-corrected chi connectivity index (χ0v) is 11.7. The van der Waals surface area contributed by atoms with Gasteiger partial charge in [0, 0.05) is 0 Å². The predicted octanol–water partition coefficient (Wildman–Crippen LogP) is 2.01. The highest BCUT2D eigenvalue weighted by Crippen LogP contribution is 2.08. The lowest BCUT2D eigenvalue weighted by Gasteiger charge is -2.28. The van der Waals surface area contributed by atoms with Crippen molar-refractivity contribution < 1.29 is 19.3 Å². The van der Waals surface area contributed by atoms with Crippen LogP contribution in [0.25, 0.3) is 0 Å². The molecule has 4 nitrogen and oxygen atoms in total. The first kappa shape index (κ1) is 16.1. The fourth-order valence-corrected chi connectivity index (χ4v) is 1.67. The summed E-state index contributed by atoms with van der Waals surface area (Å²) < 4.78 is 16.5. The molecule has 1 fully saturated rings. The lowest BCUT2D eigenvalue weighted by atomic mass is 10.2. The quantitative estimate of drug-likeness (QED) is 0.887. The summed E-state index contributed by atoms with van der Waals surface area (Å²) in [4.78, 5) is 0. The molecule has 1 heterocycles. The minimum atomic E-state index is -0.180. The van der Waals surface area contributed by atoms with Crippen molar-refractivity contribution in [1.29, 1.82) is 0 Å². The van der Waals surface area contributed by atoms with Gasteiger partial charge in [-0.25, -0.2) is 0 Å². The number of hydrogen-bond acceptors (Lipinski definition) is 4. The van der Waals surface area contributed by atoms with E-state index in [0.29, 0.717) is 26.4 Å². The maximum absolute atomic E-state index is 8.87. The summed E-state index contributed by atoms with van der Waals surface area (Å²) in [7, 11) is 0. The lowest BCUT2D eigenvalue weighted by Crippen LogP contribution is -2.39.